The van der Waals surface area contributed by atoms with Crippen LogP contribution in [0.5, 0.6) is 5.75 Å². The van der Waals surface area contributed by atoms with Crippen molar-refractivity contribution in [3.8, 4) is 5.75 Å². The van der Waals surface area contributed by atoms with Crippen LogP contribution in [0.25, 0.3) is 5.76 Å². The SMILES string of the molecule is COc1ccc(/C(O)=C2\C(=O)C(=O)N(C[C@@H]3CCCO3)[C@H]2c2ccc(C)cc2)cc1. The molecule has 0 unspecified atom stereocenters. The lowest BCUT2D eigenvalue weighted by Gasteiger charge is -2.27. The van der Waals surface area contributed by atoms with E-state index in [9.17, 15) is 14.7 Å². The molecule has 1 amide bonds. The van der Waals surface area contributed by atoms with Gasteiger partial charge in [-0.25, -0.2) is 0 Å². The van der Waals surface area contributed by atoms with Crippen LogP contribution in [0.15, 0.2) is 54.1 Å². The number of likely N-dealkylation sites (tertiary alicyclic amines) is 1. The average molecular weight is 407 g/mol. The number of amides is 1. The van der Waals surface area contributed by atoms with Crippen LogP contribution in [0.1, 0.15) is 35.6 Å². The summed E-state index contributed by atoms with van der Waals surface area (Å²) in [6, 6.07) is 13.8. The zero-order valence-electron chi connectivity index (χ0n) is 17.1. The van der Waals surface area contributed by atoms with Crippen LogP contribution in [0.4, 0.5) is 0 Å². The maximum atomic E-state index is 13.0. The number of hydrogen-bond acceptors (Lipinski definition) is 5. The van der Waals surface area contributed by atoms with Crippen molar-refractivity contribution >= 4 is 17.4 Å². The molecule has 156 valence electrons. The zero-order chi connectivity index (χ0) is 21.3. The number of benzene rings is 2. The Labute approximate surface area is 175 Å². The number of Topliss-reactive ketones (excluding diaryl/α,β-unsaturated/α-hetero) is 1. The van der Waals surface area contributed by atoms with E-state index in [1.54, 1.807) is 31.4 Å². The van der Waals surface area contributed by atoms with Gasteiger partial charge in [0.1, 0.15) is 11.5 Å². The van der Waals surface area contributed by atoms with Crippen LogP contribution < -0.4 is 4.74 Å². The van der Waals surface area contributed by atoms with Gasteiger partial charge in [-0.15, -0.1) is 0 Å². The van der Waals surface area contributed by atoms with Crippen molar-refractivity contribution in [3.05, 3.63) is 70.8 Å². The minimum absolute atomic E-state index is 0.0998. The van der Waals surface area contributed by atoms with Gasteiger partial charge in [0.25, 0.3) is 11.7 Å². The summed E-state index contributed by atoms with van der Waals surface area (Å²) in [5.41, 5.74) is 2.42. The summed E-state index contributed by atoms with van der Waals surface area (Å²) in [5, 5.41) is 11.0. The molecule has 6 heteroatoms. The first-order valence-corrected chi connectivity index (χ1v) is 10.1. The molecule has 2 aromatic carbocycles. The number of ether oxygens (including phenoxy) is 2. The third-order valence-corrected chi connectivity index (χ3v) is 5.72. The number of rotatable bonds is 5. The second-order valence-corrected chi connectivity index (χ2v) is 7.73. The number of carbonyl (C=O) groups is 2. The van der Waals surface area contributed by atoms with Crippen molar-refractivity contribution in [2.45, 2.75) is 31.9 Å². The van der Waals surface area contributed by atoms with Crippen molar-refractivity contribution in [1.29, 1.82) is 0 Å². The fourth-order valence-corrected chi connectivity index (χ4v) is 4.08. The van der Waals surface area contributed by atoms with Gasteiger partial charge >= 0.3 is 0 Å². The summed E-state index contributed by atoms with van der Waals surface area (Å²) < 4.78 is 10.9. The van der Waals surface area contributed by atoms with E-state index in [4.69, 9.17) is 9.47 Å². The van der Waals surface area contributed by atoms with Gasteiger partial charge in [-0.3, -0.25) is 9.59 Å². The molecule has 0 radical (unpaired) electrons. The fourth-order valence-electron chi connectivity index (χ4n) is 4.08. The Hall–Kier alpha value is -3.12. The second kappa shape index (κ2) is 8.32. The molecule has 2 atom stereocenters. The highest BCUT2D eigenvalue weighted by atomic mass is 16.5. The van der Waals surface area contributed by atoms with Crippen molar-refractivity contribution in [3.63, 3.8) is 0 Å². The molecular weight excluding hydrogens is 382 g/mol. The summed E-state index contributed by atoms with van der Waals surface area (Å²) in [5.74, 6) is -0.824. The maximum Gasteiger partial charge on any atom is 0.295 e. The largest absolute Gasteiger partial charge is 0.507 e. The van der Waals surface area contributed by atoms with Gasteiger partial charge in [0.2, 0.25) is 0 Å². The van der Waals surface area contributed by atoms with E-state index in [0.717, 1.165) is 24.0 Å². The van der Waals surface area contributed by atoms with Crippen LogP contribution in [-0.2, 0) is 14.3 Å². The second-order valence-electron chi connectivity index (χ2n) is 7.73. The van der Waals surface area contributed by atoms with Crippen molar-refractivity contribution < 1.29 is 24.2 Å². The molecule has 2 saturated heterocycles. The van der Waals surface area contributed by atoms with Crippen LogP contribution in [0.3, 0.4) is 0 Å². The average Bonchev–Trinajstić information content (AvgIpc) is 3.36. The Balaban J connectivity index is 1.80. The molecular formula is C24H25NO5. The van der Waals surface area contributed by atoms with Crippen LogP contribution >= 0.6 is 0 Å². The maximum absolute atomic E-state index is 13.0. The molecule has 0 aliphatic carbocycles. The monoisotopic (exact) mass is 407 g/mol. The molecule has 0 bridgehead atoms. The highest BCUT2D eigenvalue weighted by Gasteiger charge is 2.47. The zero-order valence-corrected chi connectivity index (χ0v) is 17.1. The Bertz CT molecular complexity index is 972. The van der Waals surface area contributed by atoms with E-state index in [1.165, 1.54) is 4.90 Å². The quantitative estimate of drug-likeness (QED) is 0.466. The third kappa shape index (κ3) is 3.71. The van der Waals surface area contributed by atoms with Crippen LogP contribution in [0.2, 0.25) is 0 Å². The summed E-state index contributed by atoms with van der Waals surface area (Å²) in [6.07, 6.45) is 1.69. The van der Waals surface area contributed by atoms with E-state index in [-0.39, 0.29) is 17.4 Å². The number of aliphatic hydroxyl groups is 1. The summed E-state index contributed by atoms with van der Waals surface area (Å²) in [4.78, 5) is 27.5. The number of methoxy groups -OCH3 is 1. The first-order valence-electron chi connectivity index (χ1n) is 10.1. The lowest BCUT2D eigenvalue weighted by molar-refractivity contribution is -0.140. The normalized spacial score (nSPS) is 23.2. The minimum Gasteiger partial charge on any atom is -0.507 e. The smallest absolute Gasteiger partial charge is 0.295 e. The van der Waals surface area contributed by atoms with Crippen molar-refractivity contribution in [2.24, 2.45) is 0 Å². The van der Waals surface area contributed by atoms with Gasteiger partial charge in [0.15, 0.2) is 0 Å². The highest BCUT2D eigenvalue weighted by Crippen LogP contribution is 2.40. The molecule has 2 aromatic rings. The molecule has 1 N–H and O–H groups in total. The van der Waals surface area contributed by atoms with Gasteiger partial charge in [-0.2, -0.15) is 0 Å². The number of nitrogens with zero attached hydrogens (tertiary/aromatic N) is 1. The standard InChI is InChI=1S/C24H25NO5/c1-15-5-7-16(8-6-15)21-20(22(26)17-9-11-18(29-2)12-10-17)23(27)24(28)25(21)14-19-4-3-13-30-19/h5-12,19,21,26H,3-4,13-14H2,1-2H3/b22-20+/t19-,21-/m0/s1. The Morgan fingerprint density at radius 2 is 1.83 bits per heavy atom. The number of ketones is 1. The molecule has 2 aliphatic rings. The van der Waals surface area contributed by atoms with Crippen LogP contribution in [-0.4, -0.2) is 48.1 Å². The topological polar surface area (TPSA) is 76.1 Å². The molecule has 4 rings (SSSR count). The predicted molar refractivity (Wildman–Crippen MR) is 112 cm³/mol. The minimum atomic E-state index is -0.674. The van der Waals surface area contributed by atoms with E-state index in [1.807, 2.05) is 31.2 Å². The van der Waals surface area contributed by atoms with Gasteiger partial charge in [0.05, 0.1) is 24.8 Å². The van der Waals surface area contributed by atoms with E-state index in [2.05, 4.69) is 0 Å². The van der Waals surface area contributed by atoms with E-state index < -0.39 is 17.7 Å². The molecule has 2 aliphatic heterocycles. The summed E-state index contributed by atoms with van der Waals surface area (Å²) >= 11 is 0. The lowest BCUT2D eigenvalue weighted by atomic mass is 9.94. The molecule has 2 heterocycles. The summed E-state index contributed by atoms with van der Waals surface area (Å²) in [6.45, 7) is 2.96. The highest BCUT2D eigenvalue weighted by molar-refractivity contribution is 6.46. The van der Waals surface area contributed by atoms with E-state index >= 15 is 0 Å². The molecule has 30 heavy (non-hydrogen) atoms. The molecule has 0 spiro atoms. The Morgan fingerprint density at radius 3 is 2.43 bits per heavy atom. The molecule has 6 nitrogen and oxygen atoms in total. The molecule has 0 aromatic heterocycles. The number of aryl methyl sites for hydroxylation is 1. The molecule has 0 saturated carbocycles. The third-order valence-electron chi connectivity index (χ3n) is 5.72. The van der Waals surface area contributed by atoms with Gasteiger partial charge in [-0.1, -0.05) is 29.8 Å². The number of carbonyl (C=O) groups excluding carboxylic acids is 2. The van der Waals surface area contributed by atoms with Crippen molar-refractivity contribution in [1.82, 2.24) is 4.90 Å². The van der Waals surface area contributed by atoms with Gasteiger partial charge in [-0.05, 0) is 49.6 Å². The first-order chi connectivity index (χ1) is 14.5. The number of aliphatic hydroxyl groups excluding tert-OH is 1. The lowest BCUT2D eigenvalue weighted by Crippen LogP contribution is -2.36. The number of hydrogen-bond donors (Lipinski definition) is 1. The Kier molecular flexibility index (Phi) is 5.59. The van der Waals surface area contributed by atoms with Gasteiger partial charge in [0, 0.05) is 18.7 Å². The van der Waals surface area contributed by atoms with Gasteiger partial charge < -0.3 is 19.5 Å². The van der Waals surface area contributed by atoms with Crippen molar-refractivity contribution in [2.75, 3.05) is 20.3 Å². The fraction of sp³-hybridized carbons (Fsp3) is 0.333. The predicted octanol–water partition coefficient (Wildman–Crippen LogP) is 3.60. The summed E-state index contributed by atoms with van der Waals surface area (Å²) in [7, 11) is 1.56. The van der Waals surface area contributed by atoms with Crippen LogP contribution in [0, 0.1) is 6.92 Å². The Morgan fingerprint density at radius 1 is 1.13 bits per heavy atom. The first kappa shape index (κ1) is 20.2. The van der Waals surface area contributed by atoms with E-state index in [0.29, 0.717) is 24.5 Å². The molecule has 2 fully saturated rings.